The van der Waals surface area contributed by atoms with Crippen LogP contribution in [0.2, 0.25) is 0 Å². The normalized spacial score (nSPS) is 22.6. The molecule has 2 fully saturated rings. The van der Waals surface area contributed by atoms with Crippen molar-refractivity contribution < 1.29 is 4.79 Å². The van der Waals surface area contributed by atoms with Crippen LogP contribution in [0.4, 0.5) is 0 Å². The van der Waals surface area contributed by atoms with Crippen LogP contribution in [0.5, 0.6) is 0 Å². The molecule has 0 aliphatic carbocycles. The number of nitrogens with two attached hydrogens (primary N) is 1. The molecule has 0 unspecified atom stereocenters. The fourth-order valence-corrected chi connectivity index (χ4v) is 3.11. The van der Waals surface area contributed by atoms with Gasteiger partial charge in [0.15, 0.2) is 0 Å². The second-order valence-electron chi connectivity index (χ2n) is 5.72. The molecule has 4 heteroatoms. The van der Waals surface area contributed by atoms with Gasteiger partial charge in [-0.3, -0.25) is 4.79 Å². The van der Waals surface area contributed by atoms with Crippen LogP contribution in [-0.2, 0) is 4.79 Å². The van der Waals surface area contributed by atoms with Gasteiger partial charge < -0.3 is 15.5 Å². The van der Waals surface area contributed by atoms with Crippen molar-refractivity contribution in [1.29, 1.82) is 0 Å². The van der Waals surface area contributed by atoms with Crippen molar-refractivity contribution in [2.45, 2.75) is 38.5 Å². The molecule has 2 N–H and O–H groups in total. The van der Waals surface area contributed by atoms with Crippen molar-refractivity contribution >= 4 is 5.91 Å². The summed E-state index contributed by atoms with van der Waals surface area (Å²) in [7, 11) is 0. The van der Waals surface area contributed by atoms with Crippen molar-refractivity contribution in [3.05, 3.63) is 0 Å². The Hall–Kier alpha value is -0.610. The SMILES string of the molecule is NCCCC(=O)N1CCC(CN2CCCC2)CC1. The highest BCUT2D eigenvalue weighted by Gasteiger charge is 2.24. The lowest BCUT2D eigenvalue weighted by molar-refractivity contribution is -0.132. The third kappa shape index (κ3) is 3.95. The number of amides is 1. The van der Waals surface area contributed by atoms with Crippen LogP contribution < -0.4 is 5.73 Å². The molecule has 0 aromatic carbocycles. The molecule has 2 saturated heterocycles. The highest BCUT2D eigenvalue weighted by Crippen LogP contribution is 2.21. The second-order valence-corrected chi connectivity index (χ2v) is 5.72. The number of carbonyl (C=O) groups excluding carboxylic acids is 1. The van der Waals surface area contributed by atoms with Crippen molar-refractivity contribution in [3.8, 4) is 0 Å². The zero-order valence-electron chi connectivity index (χ0n) is 11.4. The summed E-state index contributed by atoms with van der Waals surface area (Å²) in [5.74, 6) is 1.11. The Kier molecular flexibility index (Phi) is 5.45. The van der Waals surface area contributed by atoms with Gasteiger partial charge in [0, 0.05) is 26.1 Å². The summed E-state index contributed by atoms with van der Waals surface area (Å²) < 4.78 is 0. The molecule has 2 aliphatic rings. The summed E-state index contributed by atoms with van der Waals surface area (Å²) in [6, 6.07) is 0. The fourth-order valence-electron chi connectivity index (χ4n) is 3.11. The Morgan fingerprint density at radius 2 is 1.78 bits per heavy atom. The third-order valence-corrected chi connectivity index (χ3v) is 4.28. The Balaban J connectivity index is 1.65. The van der Waals surface area contributed by atoms with E-state index >= 15 is 0 Å². The van der Waals surface area contributed by atoms with E-state index in [-0.39, 0.29) is 0 Å². The molecule has 2 heterocycles. The third-order valence-electron chi connectivity index (χ3n) is 4.28. The monoisotopic (exact) mass is 253 g/mol. The fraction of sp³-hybridized carbons (Fsp3) is 0.929. The van der Waals surface area contributed by atoms with Gasteiger partial charge in [0.25, 0.3) is 0 Å². The first-order chi connectivity index (χ1) is 8.79. The minimum absolute atomic E-state index is 0.306. The molecule has 4 nitrogen and oxygen atoms in total. The van der Waals surface area contributed by atoms with E-state index in [9.17, 15) is 4.79 Å². The summed E-state index contributed by atoms with van der Waals surface area (Å²) in [6.07, 6.45) is 6.57. The summed E-state index contributed by atoms with van der Waals surface area (Å²) in [4.78, 5) is 16.5. The predicted molar refractivity (Wildman–Crippen MR) is 73.3 cm³/mol. The summed E-state index contributed by atoms with van der Waals surface area (Å²) in [5.41, 5.74) is 5.44. The minimum atomic E-state index is 0.306. The lowest BCUT2D eigenvalue weighted by atomic mass is 9.96. The number of nitrogens with zero attached hydrogens (tertiary/aromatic N) is 2. The predicted octanol–water partition coefficient (Wildman–Crippen LogP) is 1.06. The molecule has 104 valence electrons. The summed E-state index contributed by atoms with van der Waals surface area (Å²) in [5, 5.41) is 0. The summed E-state index contributed by atoms with van der Waals surface area (Å²) >= 11 is 0. The zero-order valence-corrected chi connectivity index (χ0v) is 11.4. The number of likely N-dealkylation sites (tertiary alicyclic amines) is 2. The molecule has 18 heavy (non-hydrogen) atoms. The van der Waals surface area contributed by atoms with E-state index in [0.29, 0.717) is 18.9 Å². The van der Waals surface area contributed by atoms with Crippen LogP contribution in [-0.4, -0.2) is 55.0 Å². The number of rotatable bonds is 5. The molecule has 1 amide bonds. The topological polar surface area (TPSA) is 49.6 Å². The van der Waals surface area contributed by atoms with E-state index < -0.39 is 0 Å². The van der Waals surface area contributed by atoms with Gasteiger partial charge in [0.1, 0.15) is 0 Å². The van der Waals surface area contributed by atoms with E-state index in [1.165, 1.54) is 45.3 Å². The van der Waals surface area contributed by atoms with Crippen LogP contribution in [0.1, 0.15) is 38.5 Å². The highest BCUT2D eigenvalue weighted by molar-refractivity contribution is 5.76. The second kappa shape index (κ2) is 7.10. The average molecular weight is 253 g/mol. The zero-order chi connectivity index (χ0) is 12.8. The van der Waals surface area contributed by atoms with Gasteiger partial charge in [-0.15, -0.1) is 0 Å². The first kappa shape index (κ1) is 13.8. The van der Waals surface area contributed by atoms with Gasteiger partial charge in [-0.25, -0.2) is 0 Å². The molecule has 0 aromatic rings. The van der Waals surface area contributed by atoms with E-state index in [2.05, 4.69) is 4.90 Å². The molecule has 0 radical (unpaired) electrons. The average Bonchev–Trinajstić information content (AvgIpc) is 2.89. The number of carbonyl (C=O) groups is 1. The maximum atomic E-state index is 11.9. The maximum Gasteiger partial charge on any atom is 0.222 e. The molecular formula is C14H27N3O. The largest absolute Gasteiger partial charge is 0.343 e. The quantitative estimate of drug-likeness (QED) is 0.797. The smallest absolute Gasteiger partial charge is 0.222 e. The number of hydrogen-bond donors (Lipinski definition) is 1. The van der Waals surface area contributed by atoms with Crippen LogP contribution in [0.15, 0.2) is 0 Å². The number of hydrogen-bond acceptors (Lipinski definition) is 3. The van der Waals surface area contributed by atoms with E-state index in [0.717, 1.165) is 25.4 Å². The van der Waals surface area contributed by atoms with Crippen LogP contribution in [0.3, 0.4) is 0 Å². The first-order valence-corrected chi connectivity index (χ1v) is 7.50. The van der Waals surface area contributed by atoms with Gasteiger partial charge in [-0.05, 0) is 57.7 Å². The van der Waals surface area contributed by atoms with Crippen LogP contribution in [0.25, 0.3) is 0 Å². The van der Waals surface area contributed by atoms with Gasteiger partial charge >= 0.3 is 0 Å². The Morgan fingerprint density at radius 1 is 1.11 bits per heavy atom. The Bertz CT molecular complexity index is 256. The van der Waals surface area contributed by atoms with Gasteiger partial charge in [-0.1, -0.05) is 0 Å². The molecule has 0 atom stereocenters. The van der Waals surface area contributed by atoms with Crippen LogP contribution in [0, 0.1) is 5.92 Å². The molecule has 0 spiro atoms. The molecular weight excluding hydrogens is 226 g/mol. The van der Waals surface area contributed by atoms with E-state index in [4.69, 9.17) is 5.73 Å². The standard InChI is InChI=1S/C14H27N3O/c15-7-3-4-14(18)17-10-5-13(6-11-17)12-16-8-1-2-9-16/h13H,1-12,15H2. The molecule has 2 aliphatic heterocycles. The molecule has 0 bridgehead atoms. The number of piperidine rings is 1. The van der Waals surface area contributed by atoms with Crippen molar-refractivity contribution in [2.75, 3.05) is 39.3 Å². The van der Waals surface area contributed by atoms with Crippen LogP contribution >= 0.6 is 0 Å². The Labute approximate surface area is 110 Å². The van der Waals surface area contributed by atoms with Crippen molar-refractivity contribution in [2.24, 2.45) is 11.7 Å². The van der Waals surface area contributed by atoms with Gasteiger partial charge in [0.2, 0.25) is 5.91 Å². The maximum absolute atomic E-state index is 11.9. The molecule has 0 saturated carbocycles. The Morgan fingerprint density at radius 3 is 2.39 bits per heavy atom. The van der Waals surface area contributed by atoms with E-state index in [1.807, 2.05) is 4.90 Å². The molecule has 2 rings (SSSR count). The van der Waals surface area contributed by atoms with Crippen molar-refractivity contribution in [1.82, 2.24) is 9.80 Å². The van der Waals surface area contributed by atoms with Gasteiger partial charge in [-0.2, -0.15) is 0 Å². The highest BCUT2D eigenvalue weighted by atomic mass is 16.2. The van der Waals surface area contributed by atoms with E-state index in [1.54, 1.807) is 0 Å². The van der Waals surface area contributed by atoms with Crippen molar-refractivity contribution in [3.63, 3.8) is 0 Å². The molecule has 0 aromatic heterocycles. The lowest BCUT2D eigenvalue weighted by Crippen LogP contribution is -2.41. The summed E-state index contributed by atoms with van der Waals surface area (Å²) in [6.45, 7) is 6.37. The first-order valence-electron chi connectivity index (χ1n) is 7.50. The van der Waals surface area contributed by atoms with Gasteiger partial charge in [0.05, 0.1) is 0 Å². The lowest BCUT2D eigenvalue weighted by Gasteiger charge is -2.34. The minimum Gasteiger partial charge on any atom is -0.343 e.